The van der Waals surface area contributed by atoms with Gasteiger partial charge in [-0.25, -0.2) is 9.00 Å². The molecule has 1 rings (SSSR count). The Hall–Kier alpha value is -0.620. The highest BCUT2D eigenvalue weighted by atomic mass is 32.2. The largest absolute Gasteiger partial charge is 0.333 e. The predicted molar refractivity (Wildman–Crippen MR) is 79.3 cm³/mol. The Balaban J connectivity index is 2.53. The molecule has 1 unspecified atom stereocenters. The smallest absolute Gasteiger partial charge is 0.326 e. The molecule has 1 aliphatic carbocycles. The van der Waals surface area contributed by atoms with Crippen molar-refractivity contribution in [2.75, 3.05) is 14.1 Å². The van der Waals surface area contributed by atoms with E-state index in [1.165, 1.54) is 6.42 Å². The third-order valence-corrected chi connectivity index (χ3v) is 4.93. The zero-order valence-electron chi connectivity index (χ0n) is 12.7. The summed E-state index contributed by atoms with van der Waals surface area (Å²) in [6, 6.07) is 0.176. The summed E-state index contributed by atoms with van der Waals surface area (Å²) in [7, 11) is 2.71. The fourth-order valence-corrected chi connectivity index (χ4v) is 2.87. The zero-order chi connectivity index (χ0) is 14.6. The third-order valence-electron chi connectivity index (χ3n) is 3.45. The van der Waals surface area contributed by atoms with Crippen LogP contribution in [0.5, 0.6) is 0 Å². The molecular formula is C13H27N3O2S. The average molecular weight is 289 g/mol. The number of amides is 2. The number of likely N-dealkylation sites (N-methyl/N-ethyl adjacent to an activating group) is 1. The molecule has 5 nitrogen and oxygen atoms in total. The van der Waals surface area contributed by atoms with Crippen LogP contribution in [0.2, 0.25) is 0 Å². The van der Waals surface area contributed by atoms with Gasteiger partial charge in [0.25, 0.3) is 0 Å². The first-order chi connectivity index (χ1) is 8.71. The Morgan fingerprint density at radius 1 is 1.21 bits per heavy atom. The molecule has 112 valence electrons. The van der Waals surface area contributed by atoms with Crippen LogP contribution in [-0.4, -0.2) is 46.1 Å². The Morgan fingerprint density at radius 3 is 2.32 bits per heavy atom. The molecule has 1 fully saturated rings. The van der Waals surface area contributed by atoms with Gasteiger partial charge in [-0.15, -0.1) is 0 Å². The van der Waals surface area contributed by atoms with Gasteiger partial charge in [0, 0.05) is 12.1 Å². The normalized spacial score (nSPS) is 26.0. The van der Waals surface area contributed by atoms with Gasteiger partial charge in [0.05, 0.1) is 4.75 Å². The molecule has 0 aliphatic heterocycles. The van der Waals surface area contributed by atoms with Gasteiger partial charge in [0.1, 0.15) is 11.0 Å². The van der Waals surface area contributed by atoms with Gasteiger partial charge in [-0.05, 0) is 47.7 Å². The maximum absolute atomic E-state index is 11.9. The number of hydrogen-bond acceptors (Lipinski definition) is 3. The molecule has 0 aromatic rings. The molecule has 1 saturated carbocycles. The quantitative estimate of drug-likeness (QED) is 0.830. The number of nitrogens with zero attached hydrogens (tertiary/aromatic N) is 1. The Morgan fingerprint density at radius 2 is 1.79 bits per heavy atom. The van der Waals surface area contributed by atoms with Crippen molar-refractivity contribution in [1.82, 2.24) is 14.9 Å². The van der Waals surface area contributed by atoms with E-state index in [0.29, 0.717) is 6.04 Å². The van der Waals surface area contributed by atoms with Crippen LogP contribution >= 0.6 is 0 Å². The van der Waals surface area contributed by atoms with Crippen LogP contribution in [0.25, 0.3) is 0 Å². The summed E-state index contributed by atoms with van der Waals surface area (Å²) in [6.07, 6.45) is 4.42. The topological polar surface area (TPSA) is 61.4 Å². The van der Waals surface area contributed by atoms with Crippen molar-refractivity contribution in [1.29, 1.82) is 0 Å². The van der Waals surface area contributed by atoms with E-state index in [2.05, 4.69) is 14.9 Å². The molecule has 6 heteroatoms. The van der Waals surface area contributed by atoms with E-state index < -0.39 is 15.7 Å². The van der Waals surface area contributed by atoms with Gasteiger partial charge in [-0.1, -0.05) is 12.8 Å². The van der Waals surface area contributed by atoms with Crippen molar-refractivity contribution in [3.63, 3.8) is 0 Å². The maximum atomic E-state index is 11.9. The lowest BCUT2D eigenvalue weighted by atomic mass is 9.90. The highest BCUT2D eigenvalue weighted by Crippen LogP contribution is 2.21. The minimum atomic E-state index is -1.37. The number of nitrogens with one attached hydrogen (secondary N) is 2. The summed E-state index contributed by atoms with van der Waals surface area (Å²) in [5, 5.41) is 2.97. The van der Waals surface area contributed by atoms with Gasteiger partial charge in [-0.2, -0.15) is 0 Å². The Labute approximate surface area is 119 Å². The van der Waals surface area contributed by atoms with Gasteiger partial charge in [0.15, 0.2) is 0 Å². The number of rotatable bonds is 3. The molecule has 0 spiro atoms. The first-order valence-electron chi connectivity index (χ1n) is 6.87. The van der Waals surface area contributed by atoms with E-state index >= 15 is 0 Å². The number of hydrogen-bond donors (Lipinski definition) is 2. The monoisotopic (exact) mass is 289 g/mol. The molecule has 0 aromatic carbocycles. The highest BCUT2D eigenvalue weighted by Gasteiger charge is 2.29. The number of urea groups is 1. The maximum Gasteiger partial charge on any atom is 0.326 e. The van der Waals surface area contributed by atoms with E-state index in [9.17, 15) is 9.00 Å². The lowest BCUT2D eigenvalue weighted by molar-refractivity contribution is 0.176. The SMILES string of the molecule is CN(C)[C@@H]1CCCC[C@H]1NC(=O)NS(=O)C(C)(C)C. The van der Waals surface area contributed by atoms with Crippen LogP contribution in [0.15, 0.2) is 0 Å². The van der Waals surface area contributed by atoms with Gasteiger partial charge >= 0.3 is 6.03 Å². The third kappa shape index (κ3) is 5.10. The highest BCUT2D eigenvalue weighted by molar-refractivity contribution is 7.85. The first-order valence-corrected chi connectivity index (χ1v) is 8.02. The molecular weight excluding hydrogens is 262 g/mol. The Kier molecular flexibility index (Phi) is 5.80. The molecule has 2 amide bonds. The fraction of sp³-hybridized carbons (Fsp3) is 0.923. The fourth-order valence-electron chi connectivity index (χ4n) is 2.33. The van der Waals surface area contributed by atoms with Crippen LogP contribution in [0, 0.1) is 0 Å². The van der Waals surface area contributed by atoms with Crippen LogP contribution in [-0.2, 0) is 11.0 Å². The standard InChI is InChI=1S/C13H27N3O2S/c1-13(2,3)19(18)15-12(17)14-10-8-6-7-9-11(10)16(4)5/h10-11H,6-9H2,1-5H3,(H2,14,15,17)/t10-,11-,19?/m1/s1. The van der Waals surface area contributed by atoms with Crippen LogP contribution in [0.1, 0.15) is 46.5 Å². The average Bonchev–Trinajstić information content (AvgIpc) is 2.27. The Bertz CT molecular complexity index is 339. The first kappa shape index (κ1) is 16.4. The second-order valence-electron chi connectivity index (χ2n) is 6.38. The van der Waals surface area contributed by atoms with E-state index in [1.807, 2.05) is 34.9 Å². The summed E-state index contributed by atoms with van der Waals surface area (Å²) in [6.45, 7) is 5.52. The van der Waals surface area contributed by atoms with E-state index in [1.54, 1.807) is 0 Å². The van der Waals surface area contributed by atoms with E-state index in [-0.39, 0.29) is 12.1 Å². The van der Waals surface area contributed by atoms with Crippen molar-refractivity contribution in [3.05, 3.63) is 0 Å². The number of carbonyl (C=O) groups excluding carboxylic acids is 1. The summed E-state index contributed by atoms with van der Waals surface area (Å²) in [5.74, 6) is 0. The molecule has 0 radical (unpaired) electrons. The van der Waals surface area contributed by atoms with Crippen molar-refractivity contribution >= 4 is 17.0 Å². The van der Waals surface area contributed by atoms with E-state index in [0.717, 1.165) is 19.3 Å². The predicted octanol–water partition coefficient (Wildman–Crippen LogP) is 1.62. The molecule has 1 aliphatic rings. The minimum Gasteiger partial charge on any atom is -0.333 e. The second kappa shape index (κ2) is 6.70. The lowest BCUT2D eigenvalue weighted by Gasteiger charge is -2.36. The summed E-state index contributed by atoms with van der Waals surface area (Å²) < 4.78 is 14.0. The second-order valence-corrected chi connectivity index (χ2v) is 8.34. The summed E-state index contributed by atoms with van der Waals surface area (Å²) in [4.78, 5) is 14.1. The van der Waals surface area contributed by atoms with Crippen molar-refractivity contribution < 1.29 is 9.00 Å². The summed E-state index contributed by atoms with van der Waals surface area (Å²) in [5.41, 5.74) is 0. The molecule has 0 heterocycles. The molecule has 0 aromatic heterocycles. The van der Waals surface area contributed by atoms with Crippen molar-refractivity contribution in [3.8, 4) is 0 Å². The van der Waals surface area contributed by atoms with Crippen LogP contribution in [0.3, 0.4) is 0 Å². The van der Waals surface area contributed by atoms with Gasteiger partial charge < -0.3 is 10.2 Å². The lowest BCUT2D eigenvalue weighted by Crippen LogP contribution is -2.54. The minimum absolute atomic E-state index is 0.140. The van der Waals surface area contributed by atoms with Gasteiger partial charge in [0.2, 0.25) is 0 Å². The van der Waals surface area contributed by atoms with Crippen LogP contribution < -0.4 is 10.0 Å². The van der Waals surface area contributed by atoms with Crippen LogP contribution in [0.4, 0.5) is 4.79 Å². The molecule has 3 atom stereocenters. The van der Waals surface area contributed by atoms with E-state index in [4.69, 9.17) is 0 Å². The molecule has 0 saturated heterocycles. The molecule has 2 N–H and O–H groups in total. The van der Waals surface area contributed by atoms with Crippen molar-refractivity contribution in [2.45, 2.75) is 63.3 Å². The zero-order valence-corrected chi connectivity index (χ0v) is 13.5. The number of carbonyl (C=O) groups is 1. The molecule has 0 bridgehead atoms. The van der Waals surface area contributed by atoms with Crippen molar-refractivity contribution in [2.24, 2.45) is 0 Å². The van der Waals surface area contributed by atoms with Gasteiger partial charge in [-0.3, -0.25) is 4.72 Å². The summed E-state index contributed by atoms with van der Waals surface area (Å²) >= 11 is 0. The molecule has 19 heavy (non-hydrogen) atoms.